The van der Waals surface area contributed by atoms with E-state index in [9.17, 15) is 14.4 Å². The molecule has 0 spiro atoms. The van der Waals surface area contributed by atoms with E-state index >= 15 is 0 Å². The Bertz CT molecular complexity index is 1640. The Hall–Kier alpha value is -5.21. The van der Waals surface area contributed by atoms with Crippen LogP contribution in [0.25, 0.3) is 22.2 Å². The van der Waals surface area contributed by atoms with Crippen molar-refractivity contribution in [3.63, 3.8) is 0 Å². The number of aromatic nitrogens is 5. The summed E-state index contributed by atoms with van der Waals surface area (Å²) in [6.07, 6.45) is 1.77. The molecule has 6 N–H and O–H groups in total. The minimum Gasteiger partial charge on any atom is -0.554 e. The van der Waals surface area contributed by atoms with Gasteiger partial charge in [0.05, 0.1) is 13.1 Å². The molecule has 0 atom stereocenters. The zero-order valence-corrected chi connectivity index (χ0v) is 25.5. The number of alkyl carbamates (subject to hydrolysis) is 1. The third kappa shape index (κ3) is 8.20. The molecule has 3 heterocycles. The topological polar surface area (TPSA) is 213 Å². The summed E-state index contributed by atoms with van der Waals surface area (Å²) in [4.78, 5) is 57.4. The number of ether oxygens (including phenoxy) is 1. The lowest BCUT2D eigenvalue weighted by atomic mass is 10.2. The van der Waals surface area contributed by atoms with Crippen LogP contribution in [0.4, 0.5) is 10.6 Å². The standard InChI is InChI=1S/C28H37N9O4.CH2O2/c1-6-36-19-10-9-17(25(38)31-12-8-13-32-27(40)41-28(3,4)5)15-20(19)37(7-2)21(36)16-33-26(39)22-23(29)35-24-18(34-22)11-14-30-24;2-1-3/h9-11,14-15H,6-8,12-13,16H2,1-5H3,(H5-,29,30,31,32,33,34,35,38,39,40);1H,(H,2,3). The lowest BCUT2D eigenvalue weighted by Gasteiger charge is -2.19. The Labute approximate surface area is 254 Å². The van der Waals surface area contributed by atoms with Crippen LogP contribution < -0.4 is 31.4 Å². The number of benzene rings is 1. The molecule has 4 aromatic rings. The summed E-state index contributed by atoms with van der Waals surface area (Å²) < 4.78 is 9.39. The van der Waals surface area contributed by atoms with Gasteiger partial charge in [-0.15, -0.1) is 0 Å². The maximum atomic E-state index is 13.0. The van der Waals surface area contributed by atoms with Crippen molar-refractivity contribution in [2.45, 2.75) is 66.3 Å². The average Bonchev–Trinajstić information content (AvgIpc) is 3.54. The first kappa shape index (κ1) is 33.3. The molecule has 0 aliphatic carbocycles. The minimum atomic E-state index is -0.561. The number of H-pyrrole nitrogens is 1. The Morgan fingerprint density at radius 2 is 1.80 bits per heavy atom. The first-order chi connectivity index (χ1) is 20.9. The fourth-order valence-corrected chi connectivity index (χ4v) is 4.62. The summed E-state index contributed by atoms with van der Waals surface area (Å²) in [5.74, 6) is 0.293. The van der Waals surface area contributed by atoms with Crippen LogP contribution in [0.2, 0.25) is 0 Å². The number of anilines is 1. The molecule has 1 aromatic carbocycles. The van der Waals surface area contributed by atoms with Gasteiger partial charge in [-0.2, -0.15) is 0 Å². The predicted molar refractivity (Wildman–Crippen MR) is 160 cm³/mol. The Kier molecular flexibility index (Phi) is 11.2. The number of nitrogens with zero attached hydrogens (tertiary/aromatic N) is 4. The molecule has 4 rings (SSSR count). The Balaban J connectivity index is 0.00000169. The molecule has 0 bridgehead atoms. The number of aryl methyl sites for hydroxylation is 2. The van der Waals surface area contributed by atoms with Gasteiger partial charge in [-0.25, -0.2) is 23.9 Å². The second-order valence-electron chi connectivity index (χ2n) is 10.6. The third-order valence-corrected chi connectivity index (χ3v) is 6.42. The van der Waals surface area contributed by atoms with E-state index in [4.69, 9.17) is 20.4 Å². The highest BCUT2D eigenvalue weighted by Crippen LogP contribution is 2.18. The van der Waals surface area contributed by atoms with Gasteiger partial charge in [0.2, 0.25) is 0 Å². The van der Waals surface area contributed by atoms with Crippen LogP contribution in [0.3, 0.4) is 0 Å². The molecule has 15 heteroatoms. The lowest BCUT2D eigenvalue weighted by molar-refractivity contribution is -0.676. The van der Waals surface area contributed by atoms with Crippen molar-refractivity contribution < 1.29 is 33.6 Å². The quantitative estimate of drug-likeness (QED) is 0.0974. The normalized spacial score (nSPS) is 11.0. The van der Waals surface area contributed by atoms with Gasteiger partial charge >= 0.3 is 6.09 Å². The van der Waals surface area contributed by atoms with Crippen LogP contribution in [-0.4, -0.2) is 62.6 Å². The van der Waals surface area contributed by atoms with Crippen LogP contribution >= 0.6 is 0 Å². The SMILES string of the molecule is CCn1c(CNC(=O)c2nc3cc[nH]c3nc2N)[n+](CC)c2ccc(C(=O)NCCCNC(=O)OC(C)(C)C)cc21.O=C[O-]. The summed E-state index contributed by atoms with van der Waals surface area (Å²) in [6.45, 7) is 11.3. The van der Waals surface area contributed by atoms with Gasteiger partial charge in [0.15, 0.2) is 28.2 Å². The fourth-order valence-electron chi connectivity index (χ4n) is 4.62. The molecule has 3 aromatic heterocycles. The highest BCUT2D eigenvalue weighted by atomic mass is 16.6. The van der Waals surface area contributed by atoms with Crippen LogP contribution in [0.1, 0.15) is 67.7 Å². The number of fused-ring (bicyclic) bond motifs is 2. The lowest BCUT2D eigenvalue weighted by Crippen LogP contribution is -2.40. The maximum absolute atomic E-state index is 13.0. The molecule has 0 fully saturated rings. The maximum Gasteiger partial charge on any atom is 0.407 e. The molecule has 0 aliphatic heterocycles. The molecule has 0 saturated heterocycles. The number of nitrogens with one attached hydrogen (secondary N) is 4. The van der Waals surface area contributed by atoms with Crippen LogP contribution in [0.15, 0.2) is 30.5 Å². The molecular weight excluding hydrogens is 570 g/mol. The second-order valence-corrected chi connectivity index (χ2v) is 10.6. The van der Waals surface area contributed by atoms with Crippen LogP contribution in [-0.2, 0) is 29.2 Å². The summed E-state index contributed by atoms with van der Waals surface area (Å²) in [7, 11) is 0. The Morgan fingerprint density at radius 1 is 1.09 bits per heavy atom. The van der Waals surface area contributed by atoms with Gasteiger partial charge in [0.25, 0.3) is 17.6 Å². The fraction of sp³-hybridized carbons (Fsp3) is 0.414. The second kappa shape index (κ2) is 14.8. The number of nitrogens with two attached hydrogens (primary N) is 1. The number of amides is 3. The van der Waals surface area contributed by atoms with E-state index in [1.165, 1.54) is 0 Å². The van der Waals surface area contributed by atoms with Gasteiger partial charge in [-0.1, -0.05) is 0 Å². The molecule has 15 nitrogen and oxygen atoms in total. The molecule has 0 aliphatic rings. The van der Waals surface area contributed by atoms with Gasteiger partial charge in [0, 0.05) is 37.4 Å². The largest absolute Gasteiger partial charge is 0.554 e. The number of carbonyl (C=O) groups is 4. The molecule has 0 saturated carbocycles. The van der Waals surface area contributed by atoms with Gasteiger partial charge < -0.3 is 41.3 Å². The average molecular weight is 610 g/mol. The number of carbonyl (C=O) groups excluding carboxylic acids is 4. The van der Waals surface area contributed by atoms with Gasteiger partial charge in [-0.05, 0) is 59.2 Å². The zero-order valence-electron chi connectivity index (χ0n) is 25.5. The smallest absolute Gasteiger partial charge is 0.407 e. The molecule has 0 radical (unpaired) electrons. The predicted octanol–water partition coefficient (Wildman–Crippen LogP) is 0.763. The van der Waals surface area contributed by atoms with E-state index in [0.29, 0.717) is 49.3 Å². The number of imidazole rings is 1. The monoisotopic (exact) mass is 609 g/mol. The number of rotatable bonds is 10. The summed E-state index contributed by atoms with van der Waals surface area (Å²) in [5, 5.41) is 16.8. The van der Waals surface area contributed by atoms with Crippen molar-refractivity contribution in [1.29, 1.82) is 0 Å². The number of nitrogen functional groups attached to an aromatic ring is 1. The first-order valence-electron chi connectivity index (χ1n) is 14.2. The van der Waals surface area contributed by atoms with Gasteiger partial charge in [0.1, 0.15) is 17.7 Å². The number of hydrogen-bond acceptors (Lipinski definition) is 9. The molecule has 3 amide bonds. The minimum absolute atomic E-state index is 0.0492. The highest BCUT2D eigenvalue weighted by molar-refractivity contribution is 5.98. The number of carboxylic acid groups (broad SMARTS) is 1. The van der Waals surface area contributed by atoms with E-state index in [-0.39, 0.29) is 24.0 Å². The summed E-state index contributed by atoms with van der Waals surface area (Å²) >= 11 is 0. The highest BCUT2D eigenvalue weighted by Gasteiger charge is 2.26. The summed E-state index contributed by atoms with van der Waals surface area (Å²) in [5.41, 5.74) is 8.93. The van der Waals surface area contributed by atoms with Crippen molar-refractivity contribution in [2.24, 2.45) is 0 Å². The molecular formula is C29H39N9O6. The van der Waals surface area contributed by atoms with Crippen molar-refractivity contribution in [3.05, 3.63) is 47.5 Å². The molecule has 44 heavy (non-hydrogen) atoms. The van der Waals surface area contributed by atoms with Crippen molar-refractivity contribution in [1.82, 2.24) is 35.5 Å². The Morgan fingerprint density at radius 3 is 2.45 bits per heavy atom. The van der Waals surface area contributed by atoms with E-state index in [0.717, 1.165) is 16.9 Å². The number of aromatic amines is 1. The van der Waals surface area contributed by atoms with E-state index < -0.39 is 24.1 Å². The molecule has 236 valence electrons. The third-order valence-electron chi connectivity index (χ3n) is 6.42. The number of hydrogen-bond donors (Lipinski definition) is 5. The molecule has 0 unspecified atom stereocenters. The van der Waals surface area contributed by atoms with Crippen molar-refractivity contribution >= 4 is 52.4 Å². The van der Waals surface area contributed by atoms with E-state index in [2.05, 4.69) is 40.0 Å². The van der Waals surface area contributed by atoms with E-state index in [1.807, 2.05) is 26.0 Å². The van der Waals surface area contributed by atoms with Gasteiger partial charge in [-0.3, -0.25) is 9.59 Å². The van der Waals surface area contributed by atoms with Crippen molar-refractivity contribution in [2.75, 3.05) is 18.8 Å². The summed E-state index contributed by atoms with van der Waals surface area (Å²) in [6, 6.07) is 7.28. The van der Waals surface area contributed by atoms with Crippen molar-refractivity contribution in [3.8, 4) is 0 Å². The van der Waals surface area contributed by atoms with Crippen LogP contribution in [0.5, 0.6) is 0 Å². The zero-order chi connectivity index (χ0) is 32.4. The first-order valence-corrected chi connectivity index (χ1v) is 14.2. The van der Waals surface area contributed by atoms with Crippen LogP contribution in [0, 0.1) is 0 Å². The van der Waals surface area contributed by atoms with E-state index in [1.54, 1.807) is 39.1 Å².